The summed E-state index contributed by atoms with van der Waals surface area (Å²) in [5.74, 6) is 0.555. The molecule has 0 atom stereocenters. The zero-order chi connectivity index (χ0) is 11.4. The topological polar surface area (TPSA) is 35.2 Å². The van der Waals surface area contributed by atoms with Crippen molar-refractivity contribution in [3.63, 3.8) is 0 Å². The fourth-order valence-corrected chi connectivity index (χ4v) is 1.84. The van der Waals surface area contributed by atoms with Crippen molar-refractivity contribution in [3.8, 4) is 5.75 Å². The van der Waals surface area contributed by atoms with Crippen molar-refractivity contribution >= 4 is 23.2 Å². The number of nitrogens with two attached hydrogens (primary N) is 1. The molecule has 0 unspecified atom stereocenters. The van der Waals surface area contributed by atoms with E-state index in [1.807, 2.05) is 30.3 Å². The quantitative estimate of drug-likeness (QED) is 0.911. The third-order valence-corrected chi connectivity index (χ3v) is 2.58. The highest BCUT2D eigenvalue weighted by Crippen LogP contribution is 2.24. The van der Waals surface area contributed by atoms with Crippen molar-refractivity contribution in [2.75, 3.05) is 13.4 Å². The molecule has 92 valence electrons. The average molecular weight is 256 g/mol. The molecule has 0 aliphatic heterocycles. The fourth-order valence-electron chi connectivity index (χ4n) is 1.84. The summed E-state index contributed by atoms with van der Waals surface area (Å²) in [4.78, 5) is 0. The second-order valence-electron chi connectivity index (χ2n) is 3.59. The first kappa shape index (κ1) is 13.7. The third kappa shape index (κ3) is 3.08. The van der Waals surface area contributed by atoms with Gasteiger partial charge in [0.25, 0.3) is 0 Å². The number of fused-ring (bicyclic) bond motifs is 1. The van der Waals surface area contributed by atoms with Gasteiger partial charge in [-0.1, -0.05) is 24.3 Å². The Morgan fingerprint density at radius 1 is 1.18 bits per heavy atom. The molecule has 0 aliphatic carbocycles. The van der Waals surface area contributed by atoms with E-state index in [2.05, 4.69) is 0 Å². The molecule has 0 saturated carbocycles. The minimum absolute atomic E-state index is 0. The van der Waals surface area contributed by atoms with Crippen LogP contribution in [0.2, 0.25) is 0 Å². The van der Waals surface area contributed by atoms with Gasteiger partial charge in [-0.2, -0.15) is 0 Å². The van der Waals surface area contributed by atoms with E-state index >= 15 is 0 Å². The minimum atomic E-state index is -0.801. The summed E-state index contributed by atoms with van der Waals surface area (Å²) in [5.41, 5.74) is 6.73. The Labute approximate surface area is 106 Å². The van der Waals surface area contributed by atoms with Crippen LogP contribution >= 0.6 is 12.4 Å². The molecule has 0 radical (unpaired) electrons. The van der Waals surface area contributed by atoms with Crippen molar-refractivity contribution in [1.82, 2.24) is 0 Å². The van der Waals surface area contributed by atoms with Crippen LogP contribution in [-0.4, -0.2) is 13.4 Å². The lowest BCUT2D eigenvalue weighted by Crippen LogP contribution is -2.03. The lowest BCUT2D eigenvalue weighted by atomic mass is 10.0. The predicted octanol–water partition coefficient (Wildman–Crippen LogP) is 3.07. The van der Waals surface area contributed by atoms with E-state index in [0.717, 1.165) is 17.2 Å². The Morgan fingerprint density at radius 2 is 2.00 bits per heavy atom. The van der Waals surface area contributed by atoms with Gasteiger partial charge in [-0.05, 0) is 41.4 Å². The van der Waals surface area contributed by atoms with Crippen LogP contribution in [0.15, 0.2) is 36.4 Å². The number of benzene rings is 2. The van der Waals surface area contributed by atoms with Crippen LogP contribution in [0.1, 0.15) is 5.56 Å². The summed E-state index contributed by atoms with van der Waals surface area (Å²) in [7, 11) is 0. The monoisotopic (exact) mass is 255 g/mol. The number of hydrogen-bond acceptors (Lipinski definition) is 2. The molecule has 0 heterocycles. The van der Waals surface area contributed by atoms with Crippen LogP contribution in [-0.2, 0) is 6.42 Å². The highest BCUT2D eigenvalue weighted by atomic mass is 35.5. The van der Waals surface area contributed by atoms with E-state index in [4.69, 9.17) is 10.5 Å². The van der Waals surface area contributed by atoms with E-state index in [1.54, 1.807) is 6.07 Å². The highest BCUT2D eigenvalue weighted by Gasteiger charge is 2.02. The van der Waals surface area contributed by atoms with Crippen LogP contribution in [0.4, 0.5) is 4.39 Å². The molecular weight excluding hydrogens is 241 g/mol. The molecule has 17 heavy (non-hydrogen) atoms. The molecule has 0 spiro atoms. The molecule has 2 nitrogen and oxygen atoms in total. The molecule has 4 heteroatoms. The Kier molecular flexibility index (Phi) is 5.19. The van der Waals surface area contributed by atoms with Crippen LogP contribution in [0.3, 0.4) is 0 Å². The van der Waals surface area contributed by atoms with Gasteiger partial charge in [0, 0.05) is 0 Å². The summed E-state index contributed by atoms with van der Waals surface area (Å²) >= 11 is 0. The van der Waals surface area contributed by atoms with Gasteiger partial charge >= 0.3 is 0 Å². The molecule has 2 rings (SSSR count). The maximum absolute atomic E-state index is 12.1. The maximum atomic E-state index is 12.1. The van der Waals surface area contributed by atoms with Gasteiger partial charge in [-0.25, -0.2) is 4.39 Å². The number of hydrogen-bond donors (Lipinski definition) is 1. The molecular formula is C13H15ClFNO. The summed E-state index contributed by atoms with van der Waals surface area (Å²) in [6.07, 6.45) is 0.816. The minimum Gasteiger partial charge on any atom is -0.463 e. The summed E-state index contributed by atoms with van der Waals surface area (Å²) < 4.78 is 16.9. The van der Waals surface area contributed by atoms with Gasteiger partial charge in [-0.15, -0.1) is 12.4 Å². The van der Waals surface area contributed by atoms with Crippen LogP contribution in [0.25, 0.3) is 10.8 Å². The zero-order valence-electron chi connectivity index (χ0n) is 9.36. The maximum Gasteiger partial charge on any atom is 0.228 e. The number of alkyl halides is 1. The van der Waals surface area contributed by atoms with Crippen LogP contribution < -0.4 is 10.5 Å². The number of rotatable bonds is 4. The van der Waals surface area contributed by atoms with E-state index in [0.29, 0.717) is 12.3 Å². The Balaban J connectivity index is 0.00000144. The Bertz CT molecular complexity index is 490. The predicted molar refractivity (Wildman–Crippen MR) is 70.6 cm³/mol. The number of ether oxygens (including phenoxy) is 1. The van der Waals surface area contributed by atoms with Crippen molar-refractivity contribution < 1.29 is 9.13 Å². The van der Waals surface area contributed by atoms with Crippen molar-refractivity contribution in [3.05, 3.63) is 42.0 Å². The van der Waals surface area contributed by atoms with Gasteiger partial charge in [0.2, 0.25) is 6.86 Å². The molecule has 2 N–H and O–H groups in total. The average Bonchev–Trinajstić information content (AvgIpc) is 2.31. The number of halogens is 2. The highest BCUT2D eigenvalue weighted by molar-refractivity contribution is 5.87. The van der Waals surface area contributed by atoms with Gasteiger partial charge < -0.3 is 10.5 Å². The van der Waals surface area contributed by atoms with Crippen LogP contribution in [0.5, 0.6) is 5.75 Å². The van der Waals surface area contributed by atoms with Crippen molar-refractivity contribution in [2.24, 2.45) is 5.73 Å². The molecule has 2 aromatic carbocycles. The molecule has 0 bridgehead atoms. The summed E-state index contributed by atoms with van der Waals surface area (Å²) in [6.45, 7) is -0.197. The molecule has 0 aromatic heterocycles. The smallest absolute Gasteiger partial charge is 0.228 e. The molecule has 2 aromatic rings. The SMILES string of the molecule is Cl.NCCc1cccc2ccc(OCF)cc12. The normalized spacial score (nSPS) is 10.0. The molecule has 0 saturated heterocycles. The van der Waals surface area contributed by atoms with Gasteiger partial charge in [0.15, 0.2) is 0 Å². The molecule has 0 amide bonds. The van der Waals surface area contributed by atoms with Crippen molar-refractivity contribution in [2.45, 2.75) is 6.42 Å². The van der Waals surface area contributed by atoms with Gasteiger partial charge in [0.05, 0.1) is 0 Å². The second kappa shape index (κ2) is 6.42. The van der Waals surface area contributed by atoms with E-state index < -0.39 is 6.86 Å². The van der Waals surface area contributed by atoms with Crippen molar-refractivity contribution in [1.29, 1.82) is 0 Å². The first-order valence-corrected chi connectivity index (χ1v) is 5.25. The summed E-state index contributed by atoms with van der Waals surface area (Å²) in [5, 5.41) is 2.20. The molecule has 0 aliphatic rings. The summed E-state index contributed by atoms with van der Waals surface area (Å²) in [6, 6.07) is 11.6. The Hall–Kier alpha value is -1.32. The van der Waals surface area contributed by atoms with Gasteiger partial charge in [0.1, 0.15) is 5.75 Å². The third-order valence-electron chi connectivity index (χ3n) is 2.58. The van der Waals surface area contributed by atoms with Gasteiger partial charge in [-0.3, -0.25) is 0 Å². The van der Waals surface area contributed by atoms with E-state index in [1.165, 1.54) is 5.56 Å². The first-order valence-electron chi connectivity index (χ1n) is 5.25. The standard InChI is InChI=1S/C13H14FNO.ClH/c14-9-16-12-5-4-10-2-1-3-11(6-7-15)13(10)8-12;/h1-5,8H,6-7,9,15H2;1H. The zero-order valence-corrected chi connectivity index (χ0v) is 10.2. The second-order valence-corrected chi connectivity index (χ2v) is 3.59. The largest absolute Gasteiger partial charge is 0.463 e. The van der Waals surface area contributed by atoms with Crippen LogP contribution in [0, 0.1) is 0 Å². The van der Waals surface area contributed by atoms with E-state index in [-0.39, 0.29) is 12.4 Å². The molecule has 0 fully saturated rings. The first-order chi connectivity index (χ1) is 7.85. The fraction of sp³-hybridized carbons (Fsp3) is 0.231. The lowest BCUT2D eigenvalue weighted by molar-refractivity contribution is 0.192. The van der Waals surface area contributed by atoms with E-state index in [9.17, 15) is 4.39 Å². The Morgan fingerprint density at radius 3 is 2.71 bits per heavy atom. The lowest BCUT2D eigenvalue weighted by Gasteiger charge is -2.07.